The molecular weight excluding hydrogens is 346 g/mol. The number of pyridine rings is 1. The second-order valence-electron chi connectivity index (χ2n) is 7.07. The van der Waals surface area contributed by atoms with Gasteiger partial charge in [-0.3, -0.25) is 4.98 Å². The van der Waals surface area contributed by atoms with Crippen LogP contribution in [0.5, 0.6) is 0 Å². The van der Waals surface area contributed by atoms with Crippen molar-refractivity contribution < 1.29 is 4.55 Å². The zero-order valence-corrected chi connectivity index (χ0v) is 16.1. The molecule has 1 atom stereocenters. The summed E-state index contributed by atoms with van der Waals surface area (Å²) < 4.78 is 12.8. The maximum atomic E-state index is 12.8. The number of fused-ring (bicyclic) bond motifs is 1. The molecule has 3 aromatic rings. The molecule has 0 aromatic carbocycles. The highest BCUT2D eigenvalue weighted by molar-refractivity contribution is 7.91. The summed E-state index contributed by atoms with van der Waals surface area (Å²) in [5.41, 5.74) is 2.87. The monoisotopic (exact) mass is 369 g/mol. The van der Waals surface area contributed by atoms with E-state index in [4.69, 9.17) is 0 Å². The van der Waals surface area contributed by atoms with Gasteiger partial charge in [0.05, 0.1) is 5.39 Å². The molecule has 0 bridgehead atoms. The lowest BCUT2D eigenvalue weighted by molar-refractivity contribution is 0.282. The molecule has 1 aliphatic carbocycles. The van der Waals surface area contributed by atoms with E-state index in [0.717, 1.165) is 51.6 Å². The van der Waals surface area contributed by atoms with Crippen LogP contribution in [0, 0.1) is 19.8 Å². The van der Waals surface area contributed by atoms with Crippen molar-refractivity contribution in [2.24, 2.45) is 5.92 Å². The van der Waals surface area contributed by atoms with Gasteiger partial charge in [0.25, 0.3) is 0 Å². The molecule has 1 fully saturated rings. The van der Waals surface area contributed by atoms with Crippen LogP contribution in [0.25, 0.3) is 11.0 Å². The minimum absolute atomic E-state index is 0.435. The van der Waals surface area contributed by atoms with Crippen LogP contribution in [0.4, 0.5) is 5.82 Å². The van der Waals surface area contributed by atoms with Gasteiger partial charge >= 0.3 is 0 Å². The highest BCUT2D eigenvalue weighted by atomic mass is 32.2. The lowest BCUT2D eigenvalue weighted by atomic mass is 9.81. The summed E-state index contributed by atoms with van der Waals surface area (Å²) in [5, 5.41) is 1.05. The predicted octanol–water partition coefficient (Wildman–Crippen LogP) is 2.99. The zero-order valence-electron chi connectivity index (χ0n) is 15.3. The highest BCUT2D eigenvalue weighted by Gasteiger charge is 2.36. The highest BCUT2D eigenvalue weighted by Crippen LogP contribution is 2.37. The summed E-state index contributed by atoms with van der Waals surface area (Å²) in [6.07, 6.45) is 7.33. The van der Waals surface area contributed by atoms with Gasteiger partial charge in [-0.2, -0.15) is 0 Å². The third kappa shape index (κ3) is 3.05. The number of nitrogens with one attached hydrogen (secondary N) is 1. The number of anilines is 1. The first-order chi connectivity index (χ1) is 12.5. The number of aromatic amines is 1. The Kier molecular flexibility index (Phi) is 4.58. The first kappa shape index (κ1) is 17.3. The standard InChI is InChI=1S/C19H23N5OS/c1-12-13(2)20-7-5-17(12)26(25)10-14-8-15(9-14)24(3)19-16-4-6-21-18(16)22-11-23-19/h4-7,11,14-15H,8-10H2,1-3H3,(H,21,22,23)/t14-,15+,26?. The molecule has 3 heterocycles. The number of hydrogen-bond donors (Lipinski definition) is 1. The van der Waals surface area contributed by atoms with Gasteiger partial charge in [0, 0.05) is 48.7 Å². The lowest BCUT2D eigenvalue weighted by Crippen LogP contribution is -2.45. The smallest absolute Gasteiger partial charge is 0.158 e. The quantitative estimate of drug-likeness (QED) is 0.699. The molecule has 1 unspecified atom stereocenters. The van der Waals surface area contributed by atoms with Crippen molar-refractivity contribution >= 4 is 28.0 Å². The van der Waals surface area contributed by atoms with Gasteiger partial charge in [-0.1, -0.05) is 0 Å². The second kappa shape index (κ2) is 6.89. The average molecular weight is 369 g/mol. The molecule has 3 aromatic heterocycles. The van der Waals surface area contributed by atoms with Crippen molar-refractivity contribution in [1.29, 1.82) is 0 Å². The first-order valence-electron chi connectivity index (χ1n) is 8.86. The number of hydrogen-bond acceptors (Lipinski definition) is 5. The largest absolute Gasteiger partial charge is 0.611 e. The van der Waals surface area contributed by atoms with E-state index >= 15 is 0 Å². The molecule has 4 rings (SSSR count). The first-order valence-corrected chi connectivity index (χ1v) is 10.2. The predicted molar refractivity (Wildman–Crippen MR) is 104 cm³/mol. The van der Waals surface area contributed by atoms with E-state index in [1.165, 1.54) is 0 Å². The van der Waals surface area contributed by atoms with E-state index in [2.05, 4.69) is 31.9 Å². The second-order valence-corrected chi connectivity index (χ2v) is 8.54. The molecule has 0 saturated heterocycles. The van der Waals surface area contributed by atoms with E-state index in [1.807, 2.05) is 32.2 Å². The molecule has 1 saturated carbocycles. The van der Waals surface area contributed by atoms with E-state index in [1.54, 1.807) is 12.5 Å². The van der Waals surface area contributed by atoms with Crippen LogP contribution in [-0.2, 0) is 11.2 Å². The van der Waals surface area contributed by atoms with Gasteiger partial charge in [0.1, 0.15) is 23.5 Å². The Bertz CT molecular complexity index is 921. The Morgan fingerprint density at radius 3 is 2.85 bits per heavy atom. The van der Waals surface area contributed by atoms with Gasteiger partial charge < -0.3 is 14.4 Å². The molecular formula is C19H23N5OS. The van der Waals surface area contributed by atoms with Crippen molar-refractivity contribution in [2.75, 3.05) is 17.7 Å². The van der Waals surface area contributed by atoms with Crippen LogP contribution in [0.2, 0.25) is 0 Å². The van der Waals surface area contributed by atoms with Crippen LogP contribution in [0.3, 0.4) is 0 Å². The van der Waals surface area contributed by atoms with Crippen molar-refractivity contribution in [3.8, 4) is 0 Å². The Balaban J connectivity index is 1.39. The molecule has 1 N–H and O–H groups in total. The van der Waals surface area contributed by atoms with Gasteiger partial charge in [-0.15, -0.1) is 0 Å². The number of aromatic nitrogens is 4. The Labute approximate surface area is 156 Å². The van der Waals surface area contributed by atoms with Crippen LogP contribution in [0.1, 0.15) is 24.1 Å². The van der Waals surface area contributed by atoms with Crippen LogP contribution >= 0.6 is 0 Å². The lowest BCUT2D eigenvalue weighted by Gasteiger charge is -2.41. The van der Waals surface area contributed by atoms with E-state index in [-0.39, 0.29) is 0 Å². The third-order valence-corrected chi connectivity index (χ3v) is 7.17. The number of nitrogens with zero attached hydrogens (tertiary/aromatic N) is 4. The molecule has 0 amide bonds. The van der Waals surface area contributed by atoms with Gasteiger partial charge in [0.15, 0.2) is 4.90 Å². The molecule has 0 radical (unpaired) electrons. The minimum Gasteiger partial charge on any atom is -0.611 e. The van der Waals surface area contributed by atoms with Crippen molar-refractivity contribution in [1.82, 2.24) is 19.9 Å². The fourth-order valence-electron chi connectivity index (χ4n) is 3.63. The van der Waals surface area contributed by atoms with Crippen molar-refractivity contribution in [3.05, 3.63) is 42.1 Å². The van der Waals surface area contributed by atoms with Crippen LogP contribution in [0.15, 0.2) is 35.7 Å². The molecule has 26 heavy (non-hydrogen) atoms. The summed E-state index contributed by atoms with van der Waals surface area (Å²) in [7, 11) is 2.09. The van der Waals surface area contributed by atoms with Crippen molar-refractivity contribution in [3.63, 3.8) is 0 Å². The van der Waals surface area contributed by atoms with Crippen molar-refractivity contribution in [2.45, 2.75) is 37.6 Å². The van der Waals surface area contributed by atoms with Crippen LogP contribution < -0.4 is 4.90 Å². The molecule has 0 aliphatic heterocycles. The Morgan fingerprint density at radius 2 is 2.04 bits per heavy atom. The van der Waals surface area contributed by atoms with Crippen LogP contribution in [-0.4, -0.2) is 43.3 Å². The Hall–Kier alpha value is -2.12. The maximum absolute atomic E-state index is 12.8. The Morgan fingerprint density at radius 1 is 1.23 bits per heavy atom. The number of H-pyrrole nitrogens is 1. The maximum Gasteiger partial charge on any atom is 0.158 e. The summed E-state index contributed by atoms with van der Waals surface area (Å²) in [5.74, 6) is 2.17. The summed E-state index contributed by atoms with van der Waals surface area (Å²) in [6.45, 7) is 3.97. The fraction of sp³-hybridized carbons (Fsp3) is 0.421. The molecule has 6 nitrogen and oxygen atoms in total. The topological polar surface area (TPSA) is 80.8 Å². The fourth-order valence-corrected chi connectivity index (χ4v) is 5.21. The SMILES string of the molecule is Cc1nccc([S+]([O-])C[C@H]2C[C@@H](N(C)c3ncnc4[nH]ccc34)C2)c1C. The van der Waals surface area contributed by atoms with Gasteiger partial charge in [-0.25, -0.2) is 9.97 Å². The average Bonchev–Trinajstić information content (AvgIpc) is 3.08. The molecule has 1 aliphatic rings. The normalized spacial score (nSPS) is 20.8. The number of rotatable bonds is 5. The van der Waals surface area contributed by atoms with E-state index in [9.17, 15) is 4.55 Å². The van der Waals surface area contributed by atoms with E-state index in [0.29, 0.717) is 12.0 Å². The number of aryl methyl sites for hydroxylation is 1. The summed E-state index contributed by atoms with van der Waals surface area (Å²) >= 11 is -0.962. The van der Waals surface area contributed by atoms with E-state index < -0.39 is 11.2 Å². The third-order valence-electron chi connectivity index (χ3n) is 5.46. The molecule has 0 spiro atoms. The molecule has 7 heteroatoms. The van der Waals surface area contributed by atoms with Gasteiger partial charge in [-0.05, 0) is 43.9 Å². The minimum atomic E-state index is -0.962. The van der Waals surface area contributed by atoms with Gasteiger partial charge in [0.2, 0.25) is 0 Å². The zero-order chi connectivity index (χ0) is 18.3. The molecule has 136 valence electrons. The summed E-state index contributed by atoms with van der Waals surface area (Å²) in [6, 6.07) is 4.34. The summed E-state index contributed by atoms with van der Waals surface area (Å²) in [4.78, 5) is 19.3.